The fraction of sp³-hybridized carbons (Fsp3) is 0.130. The van der Waals surface area contributed by atoms with E-state index in [9.17, 15) is 4.79 Å². The van der Waals surface area contributed by atoms with Gasteiger partial charge in [0.25, 0.3) is 5.91 Å². The third kappa shape index (κ3) is 5.93. The highest BCUT2D eigenvalue weighted by Crippen LogP contribution is 2.15. The second-order valence-electron chi connectivity index (χ2n) is 6.34. The summed E-state index contributed by atoms with van der Waals surface area (Å²) in [7, 11) is 1.58. The molecule has 0 spiro atoms. The Labute approximate surface area is 178 Å². The first kappa shape index (κ1) is 20.6. The minimum Gasteiger partial charge on any atom is -0.497 e. The normalized spacial score (nSPS) is 11.1. The van der Waals surface area contributed by atoms with Crippen molar-refractivity contribution in [2.45, 2.75) is 6.92 Å². The quantitative estimate of drug-likeness (QED) is 0.406. The topological polar surface area (TPSA) is 59.9 Å². The number of halogens is 1. The van der Waals surface area contributed by atoms with Crippen LogP contribution in [0.15, 0.2) is 82.4 Å². The van der Waals surface area contributed by atoms with Crippen molar-refractivity contribution in [2.75, 3.05) is 13.7 Å². The standard InChI is InChI=1S/C23H21BrN2O3/c1-16-3-11-21(12-4-16)29-15-22(17-5-9-19(24)10-6-17)25-26-23(27)18-7-13-20(28-2)14-8-18/h3-14H,15H2,1-2H3,(H,26,27)/b25-22-. The van der Waals surface area contributed by atoms with Crippen LogP contribution in [-0.4, -0.2) is 25.3 Å². The molecule has 0 saturated heterocycles. The molecule has 6 heteroatoms. The summed E-state index contributed by atoms with van der Waals surface area (Å²) in [5, 5.41) is 4.32. The molecular formula is C23H21BrN2O3. The van der Waals surface area contributed by atoms with Crippen LogP contribution in [0.5, 0.6) is 11.5 Å². The molecule has 148 valence electrons. The van der Waals surface area contributed by atoms with Gasteiger partial charge in [-0.1, -0.05) is 45.8 Å². The number of nitrogens with zero attached hydrogens (tertiary/aromatic N) is 1. The first-order chi connectivity index (χ1) is 14.0. The second-order valence-corrected chi connectivity index (χ2v) is 7.25. The van der Waals surface area contributed by atoms with Gasteiger partial charge in [-0.3, -0.25) is 4.79 Å². The Morgan fingerprint density at radius 1 is 0.897 bits per heavy atom. The lowest BCUT2D eigenvalue weighted by Crippen LogP contribution is -2.23. The van der Waals surface area contributed by atoms with Crippen LogP contribution in [0, 0.1) is 6.92 Å². The van der Waals surface area contributed by atoms with Gasteiger partial charge in [0.2, 0.25) is 0 Å². The molecule has 3 rings (SSSR count). The van der Waals surface area contributed by atoms with Crippen molar-refractivity contribution in [3.05, 3.63) is 94.0 Å². The lowest BCUT2D eigenvalue weighted by molar-refractivity contribution is 0.0954. The number of rotatable bonds is 7. The van der Waals surface area contributed by atoms with Crippen LogP contribution in [0.25, 0.3) is 0 Å². The zero-order chi connectivity index (χ0) is 20.6. The molecule has 0 heterocycles. The first-order valence-electron chi connectivity index (χ1n) is 9.01. The largest absolute Gasteiger partial charge is 0.497 e. The highest BCUT2D eigenvalue weighted by Gasteiger charge is 2.09. The minimum absolute atomic E-state index is 0.216. The summed E-state index contributed by atoms with van der Waals surface area (Å²) >= 11 is 3.43. The van der Waals surface area contributed by atoms with Crippen LogP contribution in [0.1, 0.15) is 21.5 Å². The van der Waals surface area contributed by atoms with Gasteiger partial charge in [-0.25, -0.2) is 5.43 Å². The van der Waals surface area contributed by atoms with Gasteiger partial charge in [0.1, 0.15) is 23.8 Å². The highest BCUT2D eigenvalue weighted by atomic mass is 79.9. The summed E-state index contributed by atoms with van der Waals surface area (Å²) < 4.78 is 11.9. The number of hydrogen-bond acceptors (Lipinski definition) is 4. The van der Waals surface area contributed by atoms with Gasteiger partial charge in [0.15, 0.2) is 0 Å². The molecule has 0 aliphatic rings. The van der Waals surface area contributed by atoms with Crippen LogP contribution >= 0.6 is 15.9 Å². The van der Waals surface area contributed by atoms with Crippen LogP contribution in [0.4, 0.5) is 0 Å². The molecule has 0 saturated carbocycles. The number of ether oxygens (including phenoxy) is 2. The molecule has 0 bridgehead atoms. The number of amides is 1. The van der Waals surface area contributed by atoms with E-state index in [0.29, 0.717) is 17.0 Å². The third-order valence-electron chi connectivity index (χ3n) is 4.22. The molecule has 3 aromatic carbocycles. The summed E-state index contributed by atoms with van der Waals surface area (Å²) in [6.07, 6.45) is 0. The van der Waals surface area contributed by atoms with E-state index in [1.54, 1.807) is 31.4 Å². The Kier molecular flexibility index (Phi) is 7.03. The molecular weight excluding hydrogens is 432 g/mol. The number of nitrogens with one attached hydrogen (secondary N) is 1. The van der Waals surface area contributed by atoms with E-state index in [2.05, 4.69) is 26.5 Å². The molecule has 1 amide bonds. The number of carbonyl (C=O) groups excluding carboxylic acids is 1. The van der Waals surface area contributed by atoms with Crippen LogP contribution in [-0.2, 0) is 0 Å². The van der Waals surface area contributed by atoms with E-state index < -0.39 is 0 Å². The molecule has 0 radical (unpaired) electrons. The van der Waals surface area contributed by atoms with E-state index in [-0.39, 0.29) is 12.5 Å². The van der Waals surface area contributed by atoms with E-state index in [1.807, 2.05) is 55.5 Å². The van der Waals surface area contributed by atoms with Crippen molar-refractivity contribution in [1.29, 1.82) is 0 Å². The average molecular weight is 453 g/mol. The van der Waals surface area contributed by atoms with Gasteiger partial charge in [0.05, 0.1) is 7.11 Å². The molecule has 0 unspecified atom stereocenters. The predicted octanol–water partition coefficient (Wildman–Crippen LogP) is 4.98. The summed E-state index contributed by atoms with van der Waals surface area (Å²) in [4.78, 5) is 12.4. The lowest BCUT2D eigenvalue weighted by Gasteiger charge is -2.10. The Hall–Kier alpha value is -3.12. The summed E-state index contributed by atoms with van der Waals surface area (Å²) in [6.45, 7) is 2.24. The van der Waals surface area contributed by atoms with Crippen molar-refractivity contribution >= 4 is 27.5 Å². The van der Waals surface area contributed by atoms with Crippen molar-refractivity contribution in [3.8, 4) is 11.5 Å². The van der Waals surface area contributed by atoms with Crippen LogP contribution in [0.3, 0.4) is 0 Å². The van der Waals surface area contributed by atoms with E-state index in [0.717, 1.165) is 21.3 Å². The fourth-order valence-corrected chi connectivity index (χ4v) is 2.80. The molecule has 0 aromatic heterocycles. The van der Waals surface area contributed by atoms with Crippen molar-refractivity contribution in [1.82, 2.24) is 5.43 Å². The minimum atomic E-state index is -0.308. The average Bonchev–Trinajstić information content (AvgIpc) is 2.75. The summed E-state index contributed by atoms with van der Waals surface area (Å²) in [6, 6.07) is 22.3. The monoisotopic (exact) mass is 452 g/mol. The highest BCUT2D eigenvalue weighted by molar-refractivity contribution is 9.10. The molecule has 1 N–H and O–H groups in total. The maximum atomic E-state index is 12.4. The van der Waals surface area contributed by atoms with Crippen LogP contribution < -0.4 is 14.9 Å². The Bertz CT molecular complexity index is 982. The molecule has 0 atom stereocenters. The molecule has 5 nitrogen and oxygen atoms in total. The van der Waals surface area contributed by atoms with E-state index in [4.69, 9.17) is 9.47 Å². The summed E-state index contributed by atoms with van der Waals surface area (Å²) in [5.41, 5.74) is 5.73. The number of methoxy groups -OCH3 is 1. The molecule has 0 aliphatic heterocycles. The Morgan fingerprint density at radius 2 is 1.48 bits per heavy atom. The number of aryl methyl sites for hydroxylation is 1. The van der Waals surface area contributed by atoms with Gasteiger partial charge in [0, 0.05) is 15.6 Å². The molecule has 29 heavy (non-hydrogen) atoms. The molecule has 0 aliphatic carbocycles. The van der Waals surface area contributed by atoms with Crippen molar-refractivity contribution in [3.63, 3.8) is 0 Å². The Balaban J connectivity index is 1.76. The number of hydrazone groups is 1. The molecule has 3 aromatic rings. The van der Waals surface area contributed by atoms with Crippen molar-refractivity contribution in [2.24, 2.45) is 5.10 Å². The smallest absolute Gasteiger partial charge is 0.271 e. The Morgan fingerprint density at radius 3 is 2.10 bits per heavy atom. The SMILES string of the molecule is COc1ccc(C(=O)N/N=C(/COc2ccc(C)cc2)c2ccc(Br)cc2)cc1. The van der Waals surface area contributed by atoms with Gasteiger partial charge >= 0.3 is 0 Å². The third-order valence-corrected chi connectivity index (χ3v) is 4.75. The van der Waals surface area contributed by atoms with Gasteiger partial charge < -0.3 is 9.47 Å². The van der Waals surface area contributed by atoms with Crippen molar-refractivity contribution < 1.29 is 14.3 Å². The van der Waals surface area contributed by atoms with E-state index in [1.165, 1.54) is 0 Å². The predicted molar refractivity (Wildman–Crippen MR) is 118 cm³/mol. The number of hydrogen-bond donors (Lipinski definition) is 1. The second kappa shape index (κ2) is 9.89. The van der Waals surface area contributed by atoms with E-state index >= 15 is 0 Å². The number of benzene rings is 3. The zero-order valence-corrected chi connectivity index (χ0v) is 17.8. The van der Waals surface area contributed by atoms with Gasteiger partial charge in [-0.2, -0.15) is 5.10 Å². The zero-order valence-electron chi connectivity index (χ0n) is 16.2. The number of carbonyl (C=O) groups is 1. The first-order valence-corrected chi connectivity index (χ1v) is 9.81. The summed E-state index contributed by atoms with van der Waals surface area (Å²) in [5.74, 6) is 1.12. The van der Waals surface area contributed by atoms with Crippen LogP contribution in [0.2, 0.25) is 0 Å². The lowest BCUT2D eigenvalue weighted by atomic mass is 10.1. The maximum Gasteiger partial charge on any atom is 0.271 e. The molecule has 0 fully saturated rings. The maximum absolute atomic E-state index is 12.4. The fourth-order valence-electron chi connectivity index (χ4n) is 2.53. The van der Waals surface area contributed by atoms with Gasteiger partial charge in [-0.05, 0) is 55.5 Å². The van der Waals surface area contributed by atoms with Gasteiger partial charge in [-0.15, -0.1) is 0 Å².